The summed E-state index contributed by atoms with van der Waals surface area (Å²) >= 11 is 6.01. The maximum atomic E-state index is 6.01. The van der Waals surface area contributed by atoms with Gasteiger partial charge in [0.05, 0.1) is 12.6 Å². The van der Waals surface area contributed by atoms with E-state index in [1.54, 1.807) is 7.11 Å². The molecule has 1 aromatic carbocycles. The van der Waals surface area contributed by atoms with E-state index in [0.29, 0.717) is 11.8 Å². The Morgan fingerprint density at radius 2 is 2.06 bits per heavy atom. The van der Waals surface area contributed by atoms with E-state index in [1.807, 2.05) is 18.2 Å². The van der Waals surface area contributed by atoms with E-state index < -0.39 is 0 Å². The topological polar surface area (TPSA) is 22.1 Å². The third-order valence-corrected chi connectivity index (χ3v) is 3.14. The molecule has 0 bridgehead atoms. The van der Waals surface area contributed by atoms with Crippen LogP contribution in [0.2, 0.25) is 0 Å². The molecule has 90 valence electrons. The molecule has 0 atom stereocenters. The Morgan fingerprint density at radius 3 is 2.65 bits per heavy atom. The van der Waals surface area contributed by atoms with Gasteiger partial charge in [0.2, 0.25) is 0 Å². The Hall–Kier alpha value is -1.28. The monoisotopic (exact) mass is 249 g/mol. The summed E-state index contributed by atoms with van der Waals surface area (Å²) in [6, 6.07) is 7.98. The predicted molar refractivity (Wildman–Crippen MR) is 71.9 cm³/mol. The molecule has 0 fully saturated rings. The third-order valence-electron chi connectivity index (χ3n) is 2.86. The number of pyridine rings is 1. The maximum Gasteiger partial charge on any atom is 0.119 e. The van der Waals surface area contributed by atoms with Crippen molar-refractivity contribution in [1.29, 1.82) is 0 Å². The number of benzene rings is 1. The average Bonchev–Trinajstić information content (AvgIpc) is 2.36. The molecule has 0 saturated heterocycles. The number of nitrogens with zero attached hydrogens (tertiary/aromatic N) is 1. The molecule has 3 heteroatoms. The molecule has 0 amide bonds. The second-order valence-corrected chi connectivity index (χ2v) is 4.64. The lowest BCUT2D eigenvalue weighted by Crippen LogP contribution is -1.96. The molecule has 2 nitrogen and oxygen atoms in total. The summed E-state index contributed by atoms with van der Waals surface area (Å²) in [5, 5.41) is 1.07. The normalized spacial score (nSPS) is 11.1. The molecule has 0 aliphatic heterocycles. The molecule has 0 N–H and O–H groups in total. The van der Waals surface area contributed by atoms with Crippen molar-refractivity contribution in [1.82, 2.24) is 4.98 Å². The SMILES string of the molecule is COc1ccc2nc(C(C)C)cc(CCl)c2c1. The zero-order valence-electron chi connectivity index (χ0n) is 10.3. The highest BCUT2D eigenvalue weighted by Gasteiger charge is 2.08. The molecular formula is C14H16ClNO. The fourth-order valence-electron chi connectivity index (χ4n) is 1.83. The van der Waals surface area contributed by atoms with E-state index in [9.17, 15) is 0 Å². The fraction of sp³-hybridized carbons (Fsp3) is 0.357. The van der Waals surface area contributed by atoms with Crippen LogP contribution in [0.1, 0.15) is 31.0 Å². The Bertz CT molecular complexity index is 537. The first-order valence-corrected chi connectivity index (χ1v) is 6.22. The van der Waals surface area contributed by atoms with Gasteiger partial charge in [-0.2, -0.15) is 0 Å². The van der Waals surface area contributed by atoms with Crippen molar-refractivity contribution in [3.8, 4) is 5.75 Å². The van der Waals surface area contributed by atoms with Crippen LogP contribution in [0.4, 0.5) is 0 Å². The first kappa shape index (κ1) is 12.2. The van der Waals surface area contributed by atoms with E-state index in [-0.39, 0.29) is 0 Å². The lowest BCUT2D eigenvalue weighted by molar-refractivity contribution is 0.415. The van der Waals surface area contributed by atoms with Crippen LogP contribution in [0.25, 0.3) is 10.9 Å². The van der Waals surface area contributed by atoms with Crippen molar-refractivity contribution in [2.45, 2.75) is 25.6 Å². The van der Waals surface area contributed by atoms with Gasteiger partial charge in [-0.15, -0.1) is 11.6 Å². The zero-order chi connectivity index (χ0) is 12.4. The maximum absolute atomic E-state index is 6.01. The van der Waals surface area contributed by atoms with Crippen LogP contribution in [0.5, 0.6) is 5.75 Å². The molecule has 17 heavy (non-hydrogen) atoms. The summed E-state index contributed by atoms with van der Waals surface area (Å²) < 4.78 is 5.23. The van der Waals surface area contributed by atoms with Crippen molar-refractivity contribution in [3.05, 3.63) is 35.5 Å². The van der Waals surface area contributed by atoms with Gasteiger partial charge in [0.25, 0.3) is 0 Å². The van der Waals surface area contributed by atoms with Crippen LogP contribution in [0, 0.1) is 0 Å². The quantitative estimate of drug-likeness (QED) is 0.764. The van der Waals surface area contributed by atoms with E-state index in [4.69, 9.17) is 16.3 Å². The standard InChI is InChI=1S/C14H16ClNO/c1-9(2)14-6-10(8-15)12-7-11(17-3)4-5-13(12)16-14/h4-7,9H,8H2,1-3H3. The van der Waals surface area contributed by atoms with Crippen molar-refractivity contribution in [3.63, 3.8) is 0 Å². The molecular weight excluding hydrogens is 234 g/mol. The van der Waals surface area contributed by atoms with Gasteiger partial charge in [-0.05, 0) is 35.7 Å². The summed E-state index contributed by atoms with van der Waals surface area (Å²) in [6.07, 6.45) is 0. The average molecular weight is 250 g/mol. The summed E-state index contributed by atoms with van der Waals surface area (Å²) in [6.45, 7) is 4.27. The number of aromatic nitrogens is 1. The number of hydrogen-bond acceptors (Lipinski definition) is 2. The second-order valence-electron chi connectivity index (χ2n) is 4.38. The van der Waals surface area contributed by atoms with Crippen LogP contribution in [0.3, 0.4) is 0 Å². The van der Waals surface area contributed by atoms with Crippen LogP contribution >= 0.6 is 11.6 Å². The van der Waals surface area contributed by atoms with Gasteiger partial charge in [0.1, 0.15) is 5.75 Å². The molecule has 2 rings (SSSR count). The number of hydrogen-bond donors (Lipinski definition) is 0. The summed E-state index contributed by atoms with van der Waals surface area (Å²) in [7, 11) is 1.66. The molecule has 0 aliphatic rings. The number of halogens is 1. The largest absolute Gasteiger partial charge is 0.497 e. The Morgan fingerprint density at radius 1 is 1.29 bits per heavy atom. The van der Waals surface area contributed by atoms with Crippen molar-refractivity contribution < 1.29 is 4.74 Å². The number of fused-ring (bicyclic) bond motifs is 1. The van der Waals surface area contributed by atoms with Gasteiger partial charge in [-0.25, -0.2) is 0 Å². The van der Waals surface area contributed by atoms with E-state index >= 15 is 0 Å². The highest BCUT2D eigenvalue weighted by atomic mass is 35.5. The van der Waals surface area contributed by atoms with Crippen LogP contribution in [-0.4, -0.2) is 12.1 Å². The Kier molecular flexibility index (Phi) is 3.53. The summed E-state index contributed by atoms with van der Waals surface area (Å²) in [4.78, 5) is 4.64. The Balaban J connectivity index is 2.68. The molecule has 0 saturated carbocycles. The molecule has 0 spiro atoms. The third kappa shape index (κ3) is 2.37. The number of rotatable bonds is 3. The lowest BCUT2D eigenvalue weighted by atomic mass is 10.0. The van der Waals surface area contributed by atoms with Gasteiger partial charge in [0.15, 0.2) is 0 Å². The van der Waals surface area contributed by atoms with Crippen LogP contribution in [0.15, 0.2) is 24.3 Å². The van der Waals surface area contributed by atoms with Crippen molar-refractivity contribution in [2.24, 2.45) is 0 Å². The molecule has 0 radical (unpaired) electrons. The van der Waals surface area contributed by atoms with Gasteiger partial charge in [-0.3, -0.25) is 4.98 Å². The highest BCUT2D eigenvalue weighted by molar-refractivity contribution is 6.18. The Labute approximate surface area is 107 Å². The van der Waals surface area contributed by atoms with Gasteiger partial charge >= 0.3 is 0 Å². The van der Waals surface area contributed by atoms with Crippen molar-refractivity contribution in [2.75, 3.05) is 7.11 Å². The summed E-state index contributed by atoms with van der Waals surface area (Å²) in [5.74, 6) is 1.73. The minimum Gasteiger partial charge on any atom is -0.497 e. The van der Waals surface area contributed by atoms with E-state index in [1.165, 1.54) is 0 Å². The smallest absolute Gasteiger partial charge is 0.119 e. The van der Waals surface area contributed by atoms with E-state index in [2.05, 4.69) is 24.9 Å². The minimum atomic E-state index is 0.406. The first-order chi connectivity index (χ1) is 8.15. The second kappa shape index (κ2) is 4.92. The molecule has 0 aliphatic carbocycles. The summed E-state index contributed by atoms with van der Waals surface area (Å²) in [5.41, 5.74) is 3.17. The highest BCUT2D eigenvalue weighted by Crippen LogP contribution is 2.26. The predicted octanol–water partition coefficient (Wildman–Crippen LogP) is 4.11. The number of methoxy groups -OCH3 is 1. The van der Waals surface area contributed by atoms with Crippen molar-refractivity contribution >= 4 is 22.5 Å². The van der Waals surface area contributed by atoms with Crippen LogP contribution in [-0.2, 0) is 5.88 Å². The molecule has 0 unspecified atom stereocenters. The van der Waals surface area contributed by atoms with Crippen LogP contribution < -0.4 is 4.74 Å². The minimum absolute atomic E-state index is 0.406. The van der Waals surface area contributed by atoms with Gasteiger partial charge in [-0.1, -0.05) is 13.8 Å². The number of ether oxygens (including phenoxy) is 1. The molecule has 2 aromatic rings. The molecule has 1 heterocycles. The van der Waals surface area contributed by atoms with E-state index in [0.717, 1.165) is 27.9 Å². The first-order valence-electron chi connectivity index (χ1n) is 5.69. The molecule has 1 aromatic heterocycles. The fourth-order valence-corrected chi connectivity index (χ4v) is 2.05. The zero-order valence-corrected chi connectivity index (χ0v) is 11.1. The number of alkyl halides is 1. The van der Waals surface area contributed by atoms with Gasteiger partial charge in [0, 0.05) is 17.0 Å². The lowest BCUT2D eigenvalue weighted by Gasteiger charge is -2.11. The van der Waals surface area contributed by atoms with Gasteiger partial charge < -0.3 is 4.74 Å².